The number of nitrogens with zero attached hydrogens (tertiary/aromatic N) is 3. The zero-order valence-electron chi connectivity index (χ0n) is 19.0. The number of rotatable bonds is 5. The van der Waals surface area contributed by atoms with E-state index < -0.39 is 17.7 Å². The van der Waals surface area contributed by atoms with Crippen molar-refractivity contribution in [3.63, 3.8) is 0 Å². The number of amidine groups is 1. The van der Waals surface area contributed by atoms with Crippen molar-refractivity contribution in [1.82, 2.24) is 9.80 Å². The fraction of sp³-hybridized carbons (Fsp3) is 0.625. The van der Waals surface area contributed by atoms with Gasteiger partial charge in [-0.3, -0.25) is 19.6 Å². The second-order valence-electron chi connectivity index (χ2n) is 9.69. The number of amides is 1. The summed E-state index contributed by atoms with van der Waals surface area (Å²) in [5.41, 5.74) is 0.638. The van der Waals surface area contributed by atoms with E-state index in [4.69, 9.17) is 14.9 Å². The van der Waals surface area contributed by atoms with E-state index in [2.05, 4.69) is 11.8 Å². The van der Waals surface area contributed by atoms with Crippen molar-refractivity contribution >= 4 is 17.7 Å². The first kappa shape index (κ1) is 24.6. The van der Waals surface area contributed by atoms with Gasteiger partial charge >= 0.3 is 12.1 Å². The first-order valence-electron chi connectivity index (χ1n) is 11.7. The van der Waals surface area contributed by atoms with Crippen molar-refractivity contribution in [3.8, 4) is 0 Å². The molecule has 1 amide bonds. The van der Waals surface area contributed by atoms with E-state index in [1.165, 1.54) is 25.0 Å². The maximum Gasteiger partial charge on any atom is 0.490 e. The Hall–Kier alpha value is -2.49. The molecule has 3 fully saturated rings. The average molecular weight is 484 g/mol. The molecule has 6 nitrogen and oxygen atoms in total. The van der Waals surface area contributed by atoms with E-state index >= 15 is 0 Å². The number of carboxylic acid groups (broad SMARTS) is 1. The molecule has 1 spiro atoms. The Kier molecular flexibility index (Phi) is 6.72. The minimum atomic E-state index is -5.08. The molecule has 1 N–H and O–H groups in total. The van der Waals surface area contributed by atoms with E-state index in [-0.39, 0.29) is 11.7 Å². The van der Waals surface area contributed by atoms with E-state index in [1.807, 2.05) is 17.0 Å². The highest BCUT2D eigenvalue weighted by molar-refractivity contribution is 6.08. The molecule has 34 heavy (non-hydrogen) atoms. The van der Waals surface area contributed by atoms with Gasteiger partial charge in [-0.25, -0.2) is 9.18 Å². The van der Waals surface area contributed by atoms with Crippen molar-refractivity contribution in [1.29, 1.82) is 0 Å². The highest BCUT2D eigenvalue weighted by Crippen LogP contribution is 2.51. The molecule has 0 unspecified atom stereocenters. The van der Waals surface area contributed by atoms with Gasteiger partial charge in [0.25, 0.3) is 5.91 Å². The molecule has 2 saturated carbocycles. The fourth-order valence-electron chi connectivity index (χ4n) is 5.47. The third-order valence-electron chi connectivity index (χ3n) is 7.30. The van der Waals surface area contributed by atoms with Gasteiger partial charge in [-0.1, -0.05) is 19.1 Å². The Bertz CT molecular complexity index is 961. The Labute approximate surface area is 195 Å². The van der Waals surface area contributed by atoms with Crippen LogP contribution in [-0.2, 0) is 16.1 Å². The number of halogens is 4. The van der Waals surface area contributed by atoms with Crippen LogP contribution in [0.1, 0.15) is 44.6 Å². The monoisotopic (exact) mass is 483 g/mol. The van der Waals surface area contributed by atoms with Crippen molar-refractivity contribution < 1.29 is 32.3 Å². The zero-order chi connectivity index (χ0) is 24.7. The zero-order valence-corrected chi connectivity index (χ0v) is 19.0. The largest absolute Gasteiger partial charge is 0.490 e. The smallest absolute Gasteiger partial charge is 0.475 e. The van der Waals surface area contributed by atoms with Gasteiger partial charge in [0.05, 0.1) is 0 Å². The number of alkyl halides is 3. The van der Waals surface area contributed by atoms with Crippen LogP contribution in [0.25, 0.3) is 0 Å². The van der Waals surface area contributed by atoms with Crippen molar-refractivity contribution in [2.45, 2.75) is 57.3 Å². The number of carbonyl (C=O) groups is 2. The Morgan fingerprint density at radius 1 is 1.18 bits per heavy atom. The lowest BCUT2D eigenvalue weighted by Crippen LogP contribution is -2.47. The lowest BCUT2D eigenvalue weighted by Gasteiger charge is -2.28. The summed E-state index contributed by atoms with van der Waals surface area (Å²) in [5.74, 6) is -0.0749. The molecule has 2 aliphatic heterocycles. The second-order valence-corrected chi connectivity index (χ2v) is 9.69. The first-order valence-corrected chi connectivity index (χ1v) is 11.7. The number of aliphatic carboxylic acids is 1. The lowest BCUT2D eigenvalue weighted by atomic mass is 9.85. The van der Waals surface area contributed by atoms with E-state index in [0.29, 0.717) is 17.8 Å². The summed E-state index contributed by atoms with van der Waals surface area (Å²) >= 11 is 0. The Morgan fingerprint density at radius 2 is 1.82 bits per heavy atom. The van der Waals surface area contributed by atoms with Crippen LogP contribution < -0.4 is 0 Å². The Morgan fingerprint density at radius 3 is 2.38 bits per heavy atom. The normalized spacial score (nSPS) is 28.7. The molecular formula is C24H29F4N3O3. The second kappa shape index (κ2) is 9.28. The summed E-state index contributed by atoms with van der Waals surface area (Å²) in [6, 6.07) is 6.79. The van der Waals surface area contributed by atoms with E-state index in [9.17, 15) is 22.4 Å². The number of hydrogen-bond acceptors (Lipinski definition) is 4. The van der Waals surface area contributed by atoms with Gasteiger partial charge < -0.3 is 5.11 Å². The van der Waals surface area contributed by atoms with Crippen LogP contribution >= 0.6 is 0 Å². The van der Waals surface area contributed by atoms with Crippen LogP contribution in [0.4, 0.5) is 17.6 Å². The molecule has 0 bridgehead atoms. The molecule has 0 radical (unpaired) electrons. The van der Waals surface area contributed by atoms with E-state index in [0.717, 1.165) is 56.8 Å². The predicted molar refractivity (Wildman–Crippen MR) is 116 cm³/mol. The van der Waals surface area contributed by atoms with Crippen LogP contribution in [0.5, 0.6) is 0 Å². The number of likely N-dealkylation sites (tertiary alicyclic amines) is 1. The molecule has 3 atom stereocenters. The molecule has 1 aromatic rings. The van der Waals surface area contributed by atoms with Crippen molar-refractivity contribution in [3.05, 3.63) is 35.6 Å². The number of benzene rings is 1. The highest BCUT2D eigenvalue weighted by Gasteiger charge is 2.61. The molecule has 1 aromatic carbocycles. The molecule has 2 aliphatic carbocycles. The third kappa shape index (κ3) is 4.96. The molecule has 1 saturated heterocycles. The standard InChI is InChI=1S/C22H28FN3O.C2HF3O2/c1-2-20-24-22(21(27)26(20)12-16-3-4-16)10-9-17-13-25(14-19(17)22)11-15-5-7-18(23)8-6-15;3-2(4,5)1(6)7/h5-8,16-17,19H,2-4,9-14H2,1H3;(H,6,7)/t17-,19+,22-;/m1./s1. The number of hydrogen-bond donors (Lipinski definition) is 1. The SMILES string of the molecule is CCC1=N[C@@]2(CC[C@@H]3CN(Cc4ccc(F)cc4)C[C@@H]32)C(=O)N1CC1CC1.O=C(O)C(F)(F)F. The summed E-state index contributed by atoms with van der Waals surface area (Å²) in [6.45, 7) is 5.77. The summed E-state index contributed by atoms with van der Waals surface area (Å²) in [7, 11) is 0. The van der Waals surface area contributed by atoms with Gasteiger partial charge in [0, 0.05) is 38.5 Å². The third-order valence-corrected chi connectivity index (χ3v) is 7.30. The molecule has 4 aliphatic rings. The minimum absolute atomic E-state index is 0.190. The molecule has 0 aromatic heterocycles. The number of aliphatic imine (C=N–C) groups is 1. The number of carbonyl (C=O) groups excluding carboxylic acids is 1. The maximum atomic E-state index is 13.5. The predicted octanol–water partition coefficient (Wildman–Crippen LogP) is 4.10. The molecule has 186 valence electrons. The van der Waals surface area contributed by atoms with Crippen LogP contribution in [-0.4, -0.2) is 64.0 Å². The van der Waals surface area contributed by atoms with Gasteiger partial charge in [-0.2, -0.15) is 13.2 Å². The van der Waals surface area contributed by atoms with Gasteiger partial charge in [0.15, 0.2) is 0 Å². The molecule has 2 heterocycles. The van der Waals surface area contributed by atoms with Gasteiger partial charge in [-0.15, -0.1) is 0 Å². The van der Waals surface area contributed by atoms with Gasteiger partial charge in [0.2, 0.25) is 0 Å². The number of carboxylic acids is 1. The summed E-state index contributed by atoms with van der Waals surface area (Å²) < 4.78 is 44.9. The molecule has 5 rings (SSSR count). The average Bonchev–Trinajstić information content (AvgIpc) is 3.32. The summed E-state index contributed by atoms with van der Waals surface area (Å²) in [5, 5.41) is 7.12. The minimum Gasteiger partial charge on any atom is -0.475 e. The van der Waals surface area contributed by atoms with Crippen molar-refractivity contribution in [2.24, 2.45) is 22.7 Å². The fourth-order valence-corrected chi connectivity index (χ4v) is 5.47. The van der Waals surface area contributed by atoms with Crippen molar-refractivity contribution in [2.75, 3.05) is 19.6 Å². The van der Waals surface area contributed by atoms with Crippen LogP contribution in [0, 0.1) is 23.6 Å². The summed E-state index contributed by atoms with van der Waals surface area (Å²) in [6.07, 6.45) is 0.276. The first-order chi connectivity index (χ1) is 16.0. The van der Waals surface area contributed by atoms with E-state index in [1.54, 1.807) is 0 Å². The molecule has 10 heteroatoms. The Balaban J connectivity index is 0.000000344. The van der Waals surface area contributed by atoms with Gasteiger partial charge in [-0.05, 0) is 55.2 Å². The van der Waals surface area contributed by atoms with Crippen LogP contribution in [0.3, 0.4) is 0 Å². The maximum absolute atomic E-state index is 13.5. The van der Waals surface area contributed by atoms with Crippen LogP contribution in [0.2, 0.25) is 0 Å². The molecular weight excluding hydrogens is 454 g/mol. The quantitative estimate of drug-likeness (QED) is 0.640. The highest BCUT2D eigenvalue weighted by atomic mass is 19.4. The van der Waals surface area contributed by atoms with Gasteiger partial charge in [0.1, 0.15) is 17.2 Å². The summed E-state index contributed by atoms with van der Waals surface area (Å²) in [4.78, 5) is 31.9. The lowest BCUT2D eigenvalue weighted by molar-refractivity contribution is -0.192. The van der Waals surface area contributed by atoms with Crippen LogP contribution in [0.15, 0.2) is 29.3 Å². The topological polar surface area (TPSA) is 73.2 Å². The number of fused-ring (bicyclic) bond motifs is 2.